The zero-order valence-electron chi connectivity index (χ0n) is 18.0. The lowest BCUT2D eigenvalue weighted by Gasteiger charge is -2.58. The van der Waals surface area contributed by atoms with E-state index in [1.807, 2.05) is 0 Å². The topological polar surface area (TPSA) is 29.5 Å². The molecule has 1 aromatic rings. The molecule has 29 heavy (non-hydrogen) atoms. The molecule has 1 aromatic carbocycles. The highest BCUT2D eigenvalue weighted by Gasteiger charge is 2.55. The smallest absolute Gasteiger partial charge is 0.161 e. The summed E-state index contributed by atoms with van der Waals surface area (Å²) in [5, 5.41) is 11.3. The van der Waals surface area contributed by atoms with Crippen molar-refractivity contribution in [2.45, 2.75) is 87.9 Å². The molecule has 9 rings (SSSR count). The lowest BCUT2D eigenvalue weighted by atomic mass is 9.46. The van der Waals surface area contributed by atoms with E-state index in [-0.39, 0.29) is 5.41 Å². The summed E-state index contributed by atoms with van der Waals surface area (Å²) in [5.41, 5.74) is 3.40. The van der Waals surface area contributed by atoms with Crippen molar-refractivity contribution < 1.29 is 9.84 Å². The number of phenols is 1. The van der Waals surface area contributed by atoms with Crippen LogP contribution in [0.15, 0.2) is 12.1 Å². The number of hydrogen-bond acceptors (Lipinski definition) is 2. The molecule has 8 saturated carbocycles. The van der Waals surface area contributed by atoms with E-state index in [9.17, 15) is 5.11 Å². The Hall–Kier alpha value is -1.18. The van der Waals surface area contributed by atoms with Gasteiger partial charge in [-0.05, 0) is 135 Å². The van der Waals surface area contributed by atoms with Gasteiger partial charge in [-0.2, -0.15) is 0 Å². The predicted molar refractivity (Wildman–Crippen MR) is 114 cm³/mol. The number of methoxy groups -OCH3 is 1. The van der Waals surface area contributed by atoms with Crippen molar-refractivity contribution in [3.8, 4) is 11.5 Å². The van der Waals surface area contributed by atoms with Gasteiger partial charge >= 0.3 is 0 Å². The van der Waals surface area contributed by atoms with Crippen LogP contribution >= 0.6 is 0 Å². The molecular formula is C27H36O2. The molecule has 0 saturated heterocycles. The third-order valence-corrected chi connectivity index (χ3v) is 10.6. The Bertz CT molecular complexity index is 782. The number of phenolic OH excluding ortho intramolecular Hbond substituents is 1. The molecule has 0 unspecified atom stereocenters. The molecule has 2 nitrogen and oxygen atoms in total. The van der Waals surface area contributed by atoms with Gasteiger partial charge in [0.05, 0.1) is 7.11 Å². The predicted octanol–water partition coefficient (Wildman–Crippen LogP) is 6.34. The molecule has 0 heterocycles. The average molecular weight is 393 g/mol. The molecule has 8 fully saturated rings. The molecule has 2 heteroatoms. The molecule has 8 aliphatic carbocycles. The minimum atomic E-state index is 0.227. The third-order valence-electron chi connectivity index (χ3n) is 10.6. The van der Waals surface area contributed by atoms with Gasteiger partial charge in [-0.1, -0.05) is 6.07 Å². The van der Waals surface area contributed by atoms with Crippen LogP contribution in [-0.4, -0.2) is 12.2 Å². The highest BCUT2D eigenvalue weighted by molar-refractivity contribution is 5.54. The zero-order valence-corrected chi connectivity index (χ0v) is 18.0. The summed E-state index contributed by atoms with van der Waals surface area (Å²) >= 11 is 0. The van der Waals surface area contributed by atoms with Crippen molar-refractivity contribution in [1.29, 1.82) is 0 Å². The second-order valence-electron chi connectivity index (χ2n) is 12.5. The first-order valence-corrected chi connectivity index (χ1v) is 12.5. The highest BCUT2D eigenvalue weighted by atomic mass is 16.5. The first kappa shape index (κ1) is 17.5. The number of hydrogen-bond donors (Lipinski definition) is 1. The van der Waals surface area contributed by atoms with Crippen LogP contribution in [0.3, 0.4) is 0 Å². The maximum Gasteiger partial charge on any atom is 0.161 e. The van der Waals surface area contributed by atoms with Gasteiger partial charge in [0.25, 0.3) is 0 Å². The largest absolute Gasteiger partial charge is 0.504 e. The van der Waals surface area contributed by atoms with Crippen LogP contribution in [0, 0.1) is 35.5 Å². The van der Waals surface area contributed by atoms with Gasteiger partial charge in [0.1, 0.15) is 0 Å². The van der Waals surface area contributed by atoms with Crippen LogP contribution in [0.25, 0.3) is 0 Å². The Morgan fingerprint density at radius 3 is 1.52 bits per heavy atom. The minimum absolute atomic E-state index is 0.227. The number of ether oxygens (including phenoxy) is 1. The van der Waals surface area contributed by atoms with Crippen LogP contribution < -0.4 is 4.74 Å². The fraction of sp³-hybridized carbons (Fsp3) is 0.778. The van der Waals surface area contributed by atoms with Gasteiger partial charge in [0, 0.05) is 5.56 Å². The molecule has 1 N–H and O–H groups in total. The summed E-state index contributed by atoms with van der Waals surface area (Å²) in [6, 6.07) is 4.75. The van der Waals surface area contributed by atoms with Crippen molar-refractivity contribution in [2.75, 3.05) is 7.11 Å². The number of aromatic hydroxyl groups is 1. The maximum absolute atomic E-state index is 11.3. The third kappa shape index (κ3) is 2.41. The Balaban J connectivity index is 1.36. The summed E-state index contributed by atoms with van der Waals surface area (Å²) in [4.78, 5) is 0. The lowest BCUT2D eigenvalue weighted by molar-refractivity contribution is -0.00920. The van der Waals surface area contributed by atoms with Gasteiger partial charge in [-0.3, -0.25) is 0 Å². The molecule has 8 bridgehead atoms. The quantitative estimate of drug-likeness (QED) is 0.651. The monoisotopic (exact) mass is 392 g/mol. The van der Waals surface area contributed by atoms with Gasteiger partial charge in [-0.25, -0.2) is 0 Å². The SMILES string of the molecule is COc1cc(C23CC4CC(CC(C4)C2)C3)cc(C23CC4CC(CC(C4)C2)C3)c1O. The van der Waals surface area contributed by atoms with E-state index >= 15 is 0 Å². The van der Waals surface area contributed by atoms with Crippen molar-refractivity contribution in [3.63, 3.8) is 0 Å². The van der Waals surface area contributed by atoms with E-state index in [0.29, 0.717) is 11.2 Å². The van der Waals surface area contributed by atoms with Crippen LogP contribution in [0.2, 0.25) is 0 Å². The van der Waals surface area contributed by atoms with Gasteiger partial charge in [-0.15, -0.1) is 0 Å². The average Bonchev–Trinajstić information content (AvgIpc) is 2.66. The summed E-state index contributed by atoms with van der Waals surface area (Å²) in [5.74, 6) is 6.77. The lowest BCUT2D eigenvalue weighted by Crippen LogP contribution is -2.50. The van der Waals surface area contributed by atoms with Crippen LogP contribution in [-0.2, 0) is 10.8 Å². The normalized spacial score (nSPS) is 49.0. The van der Waals surface area contributed by atoms with Crippen molar-refractivity contribution in [3.05, 3.63) is 23.3 Å². The Kier molecular flexibility index (Phi) is 3.46. The van der Waals surface area contributed by atoms with E-state index in [1.165, 1.54) is 88.2 Å². The van der Waals surface area contributed by atoms with Gasteiger partial charge < -0.3 is 9.84 Å². The molecule has 0 atom stereocenters. The van der Waals surface area contributed by atoms with E-state index in [1.54, 1.807) is 7.11 Å². The Morgan fingerprint density at radius 2 is 1.10 bits per heavy atom. The first-order valence-electron chi connectivity index (χ1n) is 12.5. The summed E-state index contributed by atoms with van der Waals surface area (Å²) in [6.45, 7) is 0. The molecule has 0 amide bonds. The maximum atomic E-state index is 11.3. The number of benzene rings is 1. The fourth-order valence-corrected chi connectivity index (χ4v) is 10.4. The second-order valence-corrected chi connectivity index (χ2v) is 12.5. The molecule has 8 aliphatic rings. The highest BCUT2D eigenvalue weighted by Crippen LogP contribution is 2.65. The van der Waals surface area contributed by atoms with Gasteiger partial charge in [0.2, 0.25) is 0 Å². The van der Waals surface area contributed by atoms with Crippen LogP contribution in [0.5, 0.6) is 11.5 Å². The van der Waals surface area contributed by atoms with E-state index in [2.05, 4.69) is 12.1 Å². The van der Waals surface area contributed by atoms with Crippen LogP contribution in [0.1, 0.15) is 88.2 Å². The molecule has 0 radical (unpaired) electrons. The first-order chi connectivity index (χ1) is 14.0. The molecular weight excluding hydrogens is 356 g/mol. The molecule has 0 spiro atoms. The molecule has 0 aromatic heterocycles. The standard InChI is InChI=1S/C27H36O2/c1-29-24-9-22(26-10-16-2-17(11-26)4-18(3-16)12-26)8-23(25(24)28)27-13-19-5-20(14-27)7-21(6-19)15-27/h8-9,16-21,28H,2-7,10-15H2,1H3. The molecule has 0 aliphatic heterocycles. The van der Waals surface area contributed by atoms with Crippen LogP contribution in [0.4, 0.5) is 0 Å². The fourth-order valence-electron chi connectivity index (χ4n) is 10.4. The van der Waals surface area contributed by atoms with E-state index in [0.717, 1.165) is 41.3 Å². The summed E-state index contributed by atoms with van der Waals surface area (Å²) in [6.07, 6.45) is 16.9. The molecule has 156 valence electrons. The Morgan fingerprint density at radius 1 is 0.690 bits per heavy atom. The second kappa shape index (κ2) is 5.74. The number of rotatable bonds is 3. The Labute approximate surface area is 175 Å². The van der Waals surface area contributed by atoms with Crippen molar-refractivity contribution in [1.82, 2.24) is 0 Å². The van der Waals surface area contributed by atoms with Crippen molar-refractivity contribution >= 4 is 0 Å². The van der Waals surface area contributed by atoms with E-state index < -0.39 is 0 Å². The summed E-state index contributed by atoms with van der Waals surface area (Å²) < 4.78 is 5.80. The van der Waals surface area contributed by atoms with Crippen molar-refractivity contribution in [2.24, 2.45) is 35.5 Å². The van der Waals surface area contributed by atoms with Gasteiger partial charge in [0.15, 0.2) is 11.5 Å². The summed E-state index contributed by atoms with van der Waals surface area (Å²) in [7, 11) is 1.75. The zero-order chi connectivity index (χ0) is 19.4. The van der Waals surface area contributed by atoms with E-state index in [4.69, 9.17) is 4.74 Å². The minimum Gasteiger partial charge on any atom is -0.504 e.